The summed E-state index contributed by atoms with van der Waals surface area (Å²) in [4.78, 5) is 28.3. The van der Waals surface area contributed by atoms with Gasteiger partial charge >= 0.3 is 5.97 Å². The fourth-order valence-electron chi connectivity index (χ4n) is 2.49. The van der Waals surface area contributed by atoms with E-state index in [1.165, 1.54) is 11.8 Å². The highest BCUT2D eigenvalue weighted by Gasteiger charge is 2.17. The van der Waals surface area contributed by atoms with Gasteiger partial charge in [0, 0.05) is 11.6 Å². The fraction of sp³-hybridized carbons (Fsp3) is 0.211. The number of carbonyl (C=O) groups is 2. The van der Waals surface area contributed by atoms with Crippen molar-refractivity contribution in [2.45, 2.75) is 18.0 Å². The molecule has 134 valence electrons. The van der Waals surface area contributed by atoms with Crippen molar-refractivity contribution in [3.8, 4) is 0 Å². The van der Waals surface area contributed by atoms with Crippen LogP contribution in [0.1, 0.15) is 29.1 Å². The Bertz CT molecular complexity index is 905. The van der Waals surface area contributed by atoms with E-state index in [0.717, 1.165) is 11.0 Å². The van der Waals surface area contributed by atoms with Gasteiger partial charge in [-0.05, 0) is 37.4 Å². The standard InChI is InChI=1S/C19H18N2O4S/c1-12(16-10-13-6-3-4-8-15(13)25-16)21-17(22)11-24-19(23)14-7-5-9-20-18(14)26-2/h3-10,12H,11H2,1-2H3,(H,21,22)/t12-/m1/s1. The van der Waals surface area contributed by atoms with Crippen molar-refractivity contribution < 1.29 is 18.7 Å². The highest BCUT2D eigenvalue weighted by molar-refractivity contribution is 7.98. The SMILES string of the molecule is CSc1ncccc1C(=O)OCC(=O)N[C@H](C)c1cc2ccccc2o1. The minimum absolute atomic E-state index is 0.339. The van der Waals surface area contributed by atoms with E-state index in [2.05, 4.69) is 10.3 Å². The number of para-hydroxylation sites is 1. The summed E-state index contributed by atoms with van der Waals surface area (Å²) < 4.78 is 10.8. The molecule has 7 heteroatoms. The molecule has 1 N–H and O–H groups in total. The Labute approximate surface area is 154 Å². The molecule has 2 aromatic heterocycles. The van der Waals surface area contributed by atoms with Gasteiger partial charge in [0.25, 0.3) is 5.91 Å². The lowest BCUT2D eigenvalue weighted by atomic mass is 10.2. The zero-order chi connectivity index (χ0) is 18.5. The number of benzene rings is 1. The third kappa shape index (κ3) is 4.05. The van der Waals surface area contributed by atoms with Crippen LogP contribution in [0.3, 0.4) is 0 Å². The van der Waals surface area contributed by atoms with Crippen molar-refractivity contribution in [2.75, 3.05) is 12.9 Å². The predicted octanol–water partition coefficient (Wildman–Crippen LogP) is 3.58. The van der Waals surface area contributed by atoms with Gasteiger partial charge in [0.1, 0.15) is 16.4 Å². The molecular weight excluding hydrogens is 352 g/mol. The highest BCUT2D eigenvalue weighted by atomic mass is 32.2. The molecular formula is C19H18N2O4S. The Morgan fingerprint density at radius 2 is 2.08 bits per heavy atom. The summed E-state index contributed by atoms with van der Waals surface area (Å²) in [5.74, 6) is -0.335. The number of fused-ring (bicyclic) bond motifs is 1. The average Bonchev–Trinajstić information content (AvgIpc) is 3.10. The van der Waals surface area contributed by atoms with Crippen LogP contribution in [0, 0.1) is 0 Å². The Hall–Kier alpha value is -2.80. The number of thioether (sulfide) groups is 1. The van der Waals surface area contributed by atoms with E-state index in [1.807, 2.05) is 43.5 Å². The van der Waals surface area contributed by atoms with Gasteiger partial charge in [-0.2, -0.15) is 0 Å². The summed E-state index contributed by atoms with van der Waals surface area (Å²) in [7, 11) is 0. The molecule has 0 unspecified atom stereocenters. The third-order valence-corrected chi connectivity index (χ3v) is 4.48. The van der Waals surface area contributed by atoms with E-state index in [4.69, 9.17) is 9.15 Å². The normalized spacial score (nSPS) is 11.9. The molecule has 26 heavy (non-hydrogen) atoms. The largest absolute Gasteiger partial charge is 0.459 e. The smallest absolute Gasteiger partial charge is 0.341 e. The molecule has 1 atom stereocenters. The molecule has 0 bridgehead atoms. The summed E-state index contributed by atoms with van der Waals surface area (Å²) in [6, 6.07) is 12.4. The topological polar surface area (TPSA) is 81.4 Å². The molecule has 6 nitrogen and oxygen atoms in total. The molecule has 3 rings (SSSR count). The average molecular weight is 370 g/mol. The number of furan rings is 1. The number of pyridine rings is 1. The number of carbonyl (C=O) groups excluding carboxylic acids is 2. The van der Waals surface area contributed by atoms with Gasteiger partial charge in [-0.15, -0.1) is 11.8 Å². The summed E-state index contributed by atoms with van der Waals surface area (Å²) >= 11 is 1.34. The molecule has 0 radical (unpaired) electrons. The minimum Gasteiger partial charge on any atom is -0.459 e. The number of hydrogen-bond acceptors (Lipinski definition) is 6. The number of amides is 1. The van der Waals surface area contributed by atoms with E-state index in [9.17, 15) is 9.59 Å². The second-order valence-electron chi connectivity index (χ2n) is 5.61. The van der Waals surface area contributed by atoms with Crippen LogP contribution in [0.25, 0.3) is 11.0 Å². The van der Waals surface area contributed by atoms with Gasteiger partial charge in [-0.3, -0.25) is 4.79 Å². The van der Waals surface area contributed by atoms with Crippen LogP contribution in [0.4, 0.5) is 0 Å². The van der Waals surface area contributed by atoms with Gasteiger partial charge in [0.2, 0.25) is 0 Å². The van der Waals surface area contributed by atoms with Crippen molar-refractivity contribution >= 4 is 34.6 Å². The predicted molar refractivity (Wildman–Crippen MR) is 99.1 cm³/mol. The van der Waals surface area contributed by atoms with Gasteiger partial charge in [-0.25, -0.2) is 9.78 Å². The van der Waals surface area contributed by atoms with Gasteiger partial charge in [0.15, 0.2) is 6.61 Å². The van der Waals surface area contributed by atoms with Crippen LogP contribution in [0.15, 0.2) is 58.1 Å². The number of nitrogens with zero attached hydrogens (tertiary/aromatic N) is 1. The minimum atomic E-state index is -0.575. The molecule has 0 aliphatic heterocycles. The zero-order valence-electron chi connectivity index (χ0n) is 14.4. The number of aromatic nitrogens is 1. The number of ether oxygens (including phenoxy) is 1. The van der Waals surface area contributed by atoms with E-state index < -0.39 is 11.9 Å². The fourth-order valence-corrected chi connectivity index (χ4v) is 3.03. The first-order chi connectivity index (χ1) is 12.6. The molecule has 0 aliphatic carbocycles. The Morgan fingerprint density at radius 3 is 2.85 bits per heavy atom. The third-order valence-electron chi connectivity index (χ3n) is 3.77. The second-order valence-corrected chi connectivity index (χ2v) is 6.41. The molecule has 1 amide bonds. The molecule has 0 aliphatic rings. The molecule has 0 saturated heterocycles. The first-order valence-corrected chi connectivity index (χ1v) is 9.25. The van der Waals surface area contributed by atoms with Crippen LogP contribution in [0.2, 0.25) is 0 Å². The summed E-state index contributed by atoms with van der Waals surface area (Å²) in [6.45, 7) is 1.44. The Kier molecular flexibility index (Phi) is 5.58. The monoisotopic (exact) mass is 370 g/mol. The van der Waals surface area contributed by atoms with Crippen molar-refractivity contribution in [3.05, 3.63) is 60.0 Å². The second kappa shape index (κ2) is 8.05. The van der Waals surface area contributed by atoms with Gasteiger partial charge in [-0.1, -0.05) is 18.2 Å². The summed E-state index contributed by atoms with van der Waals surface area (Å²) in [5, 5.41) is 4.29. The van der Waals surface area contributed by atoms with E-state index in [0.29, 0.717) is 16.3 Å². The van der Waals surface area contributed by atoms with Gasteiger partial charge < -0.3 is 14.5 Å². The van der Waals surface area contributed by atoms with Crippen LogP contribution < -0.4 is 5.32 Å². The quantitative estimate of drug-likeness (QED) is 0.528. The lowest BCUT2D eigenvalue weighted by Crippen LogP contribution is -2.31. The maximum Gasteiger partial charge on any atom is 0.341 e. The number of nitrogens with one attached hydrogen (secondary N) is 1. The molecule has 0 saturated carbocycles. The molecule has 2 heterocycles. The zero-order valence-corrected chi connectivity index (χ0v) is 15.2. The number of esters is 1. The number of rotatable bonds is 6. The van der Waals surface area contributed by atoms with E-state index in [-0.39, 0.29) is 12.6 Å². The Balaban J connectivity index is 1.57. The van der Waals surface area contributed by atoms with E-state index in [1.54, 1.807) is 18.3 Å². The molecule has 0 spiro atoms. The van der Waals surface area contributed by atoms with Crippen LogP contribution in [0.5, 0.6) is 0 Å². The molecule has 0 fully saturated rings. The lowest BCUT2D eigenvalue weighted by Gasteiger charge is -2.12. The number of hydrogen-bond donors (Lipinski definition) is 1. The highest BCUT2D eigenvalue weighted by Crippen LogP contribution is 2.23. The van der Waals surface area contributed by atoms with Gasteiger partial charge in [0.05, 0.1) is 11.6 Å². The van der Waals surface area contributed by atoms with Crippen LogP contribution in [-0.4, -0.2) is 29.7 Å². The van der Waals surface area contributed by atoms with Crippen molar-refractivity contribution in [3.63, 3.8) is 0 Å². The first-order valence-electron chi connectivity index (χ1n) is 8.02. The van der Waals surface area contributed by atoms with Crippen molar-refractivity contribution in [1.29, 1.82) is 0 Å². The van der Waals surface area contributed by atoms with Crippen molar-refractivity contribution in [2.24, 2.45) is 0 Å². The Morgan fingerprint density at radius 1 is 1.27 bits per heavy atom. The summed E-state index contributed by atoms with van der Waals surface area (Å²) in [5.41, 5.74) is 1.11. The van der Waals surface area contributed by atoms with Crippen LogP contribution >= 0.6 is 11.8 Å². The first kappa shape index (κ1) is 18.0. The lowest BCUT2D eigenvalue weighted by molar-refractivity contribution is -0.125. The molecule has 3 aromatic rings. The summed E-state index contributed by atoms with van der Waals surface area (Å²) in [6.07, 6.45) is 3.42. The molecule has 1 aromatic carbocycles. The maximum absolute atomic E-state index is 12.1. The van der Waals surface area contributed by atoms with Crippen LogP contribution in [-0.2, 0) is 9.53 Å². The van der Waals surface area contributed by atoms with Crippen molar-refractivity contribution in [1.82, 2.24) is 10.3 Å². The maximum atomic E-state index is 12.1. The van der Waals surface area contributed by atoms with E-state index >= 15 is 0 Å².